The number of hydrogen-bond donors (Lipinski definition) is 3. The third-order valence-electron chi connectivity index (χ3n) is 1.90. The number of carboxylic acid groups (broad SMARTS) is 1. The fourth-order valence-electron chi connectivity index (χ4n) is 1.06. The van der Waals surface area contributed by atoms with Gasteiger partial charge >= 0.3 is 12.1 Å². The zero-order chi connectivity index (χ0) is 14.5. The molecule has 6 nitrogen and oxygen atoms in total. The summed E-state index contributed by atoms with van der Waals surface area (Å²) in [6.07, 6.45) is -3.20. The molecule has 0 aliphatic heterocycles. The standard InChI is InChI=1S/C7H6F3N.C3H3N3O2/c8-7(9,10)5-3-1-2-4-6(5)11;7-3(8)2-1-4-6-5-2/h1-4H,11H2;1H,(H,7,8)(H,4,5,6). The molecule has 1 heterocycles. The highest BCUT2D eigenvalue weighted by molar-refractivity contribution is 5.84. The Morgan fingerprint density at radius 1 is 1.32 bits per heavy atom. The second-order valence-electron chi connectivity index (χ2n) is 3.25. The minimum atomic E-state index is -4.34. The Morgan fingerprint density at radius 2 is 1.95 bits per heavy atom. The van der Waals surface area contributed by atoms with E-state index in [0.717, 1.165) is 12.3 Å². The van der Waals surface area contributed by atoms with Gasteiger partial charge in [-0.25, -0.2) is 4.79 Å². The first-order valence-electron chi connectivity index (χ1n) is 4.83. The molecule has 102 valence electrons. The van der Waals surface area contributed by atoms with Gasteiger partial charge in [0.1, 0.15) is 0 Å². The Labute approximate surface area is 105 Å². The van der Waals surface area contributed by atoms with Gasteiger partial charge in [-0.2, -0.15) is 23.5 Å². The zero-order valence-corrected chi connectivity index (χ0v) is 9.35. The molecule has 0 unspecified atom stereocenters. The van der Waals surface area contributed by atoms with Crippen LogP contribution in [0, 0.1) is 0 Å². The van der Waals surface area contributed by atoms with Crippen molar-refractivity contribution in [2.24, 2.45) is 0 Å². The number of rotatable bonds is 1. The number of nitrogens with zero attached hydrogens (tertiary/aromatic N) is 2. The van der Waals surface area contributed by atoms with Gasteiger partial charge in [-0.05, 0) is 12.1 Å². The summed E-state index contributed by atoms with van der Waals surface area (Å²) < 4.78 is 35.9. The summed E-state index contributed by atoms with van der Waals surface area (Å²) in [6.45, 7) is 0. The molecule has 0 saturated carbocycles. The van der Waals surface area contributed by atoms with Crippen molar-refractivity contribution >= 4 is 11.7 Å². The number of benzene rings is 1. The molecule has 0 bridgehead atoms. The molecule has 9 heteroatoms. The maximum atomic E-state index is 12.0. The predicted octanol–water partition coefficient (Wildman–Crippen LogP) is 1.79. The number of anilines is 1. The summed E-state index contributed by atoms with van der Waals surface area (Å²) in [4.78, 5) is 9.94. The number of aromatic nitrogens is 3. The minimum absolute atomic E-state index is 0.0648. The summed E-state index contributed by atoms with van der Waals surface area (Å²) in [5, 5.41) is 16.9. The Morgan fingerprint density at radius 3 is 2.26 bits per heavy atom. The van der Waals surface area contributed by atoms with E-state index in [0.29, 0.717) is 0 Å². The summed E-state index contributed by atoms with van der Waals surface area (Å²) in [6, 6.07) is 4.95. The molecule has 1 aromatic carbocycles. The predicted molar refractivity (Wildman–Crippen MR) is 59.2 cm³/mol. The van der Waals surface area contributed by atoms with Gasteiger partial charge in [-0.3, -0.25) is 0 Å². The van der Waals surface area contributed by atoms with Crippen LogP contribution in [0.25, 0.3) is 0 Å². The first-order chi connectivity index (χ1) is 8.82. The summed E-state index contributed by atoms with van der Waals surface area (Å²) >= 11 is 0. The van der Waals surface area contributed by atoms with Crippen molar-refractivity contribution in [2.45, 2.75) is 6.18 Å². The maximum Gasteiger partial charge on any atom is 0.418 e. The van der Waals surface area contributed by atoms with Gasteiger partial charge in [0.15, 0.2) is 5.69 Å². The van der Waals surface area contributed by atoms with Crippen molar-refractivity contribution in [3.05, 3.63) is 41.7 Å². The largest absolute Gasteiger partial charge is 0.476 e. The third-order valence-corrected chi connectivity index (χ3v) is 1.90. The van der Waals surface area contributed by atoms with Crippen LogP contribution in [0.4, 0.5) is 18.9 Å². The van der Waals surface area contributed by atoms with Crippen LogP contribution in [0.1, 0.15) is 16.1 Å². The lowest BCUT2D eigenvalue weighted by molar-refractivity contribution is -0.136. The average molecular weight is 274 g/mol. The number of carboxylic acids is 1. The fraction of sp³-hybridized carbons (Fsp3) is 0.100. The van der Waals surface area contributed by atoms with E-state index in [-0.39, 0.29) is 11.4 Å². The van der Waals surface area contributed by atoms with Crippen LogP contribution in [-0.4, -0.2) is 26.5 Å². The number of nitrogens with two attached hydrogens (primary N) is 1. The number of H-pyrrole nitrogens is 1. The third kappa shape index (κ3) is 4.30. The van der Waals surface area contributed by atoms with Gasteiger partial charge in [0.25, 0.3) is 0 Å². The smallest absolute Gasteiger partial charge is 0.418 e. The highest BCUT2D eigenvalue weighted by Gasteiger charge is 2.32. The van der Waals surface area contributed by atoms with E-state index in [4.69, 9.17) is 10.8 Å². The zero-order valence-electron chi connectivity index (χ0n) is 9.35. The van der Waals surface area contributed by atoms with E-state index in [1.165, 1.54) is 18.2 Å². The molecular weight excluding hydrogens is 265 g/mol. The van der Waals surface area contributed by atoms with Crippen LogP contribution in [-0.2, 0) is 6.18 Å². The second kappa shape index (κ2) is 5.85. The van der Waals surface area contributed by atoms with Gasteiger partial charge in [-0.15, -0.1) is 5.10 Å². The molecule has 0 amide bonds. The Kier molecular flexibility index (Phi) is 4.46. The average Bonchev–Trinajstić information content (AvgIpc) is 2.82. The van der Waals surface area contributed by atoms with Crippen LogP contribution in [0.3, 0.4) is 0 Å². The molecule has 0 aliphatic rings. The fourth-order valence-corrected chi connectivity index (χ4v) is 1.06. The van der Waals surface area contributed by atoms with Crippen LogP contribution in [0.15, 0.2) is 30.5 Å². The molecule has 2 aromatic rings. The van der Waals surface area contributed by atoms with Gasteiger partial charge in [0.2, 0.25) is 0 Å². The van der Waals surface area contributed by atoms with E-state index >= 15 is 0 Å². The van der Waals surface area contributed by atoms with Crippen molar-refractivity contribution in [3.8, 4) is 0 Å². The topological polar surface area (TPSA) is 105 Å². The first-order valence-corrected chi connectivity index (χ1v) is 4.83. The first kappa shape index (κ1) is 14.5. The number of nitrogen functional groups attached to an aromatic ring is 1. The summed E-state index contributed by atoms with van der Waals surface area (Å²) in [5.41, 5.74) is 4.01. The summed E-state index contributed by atoms with van der Waals surface area (Å²) in [5.74, 6) is -1.07. The van der Waals surface area contributed by atoms with Crippen LogP contribution >= 0.6 is 0 Å². The normalized spacial score (nSPS) is 10.5. The Bertz CT molecular complexity index is 540. The van der Waals surface area contributed by atoms with Gasteiger partial charge in [0, 0.05) is 5.69 Å². The minimum Gasteiger partial charge on any atom is -0.476 e. The van der Waals surface area contributed by atoms with Crippen LogP contribution in [0.2, 0.25) is 0 Å². The molecular formula is C10H9F3N4O2. The molecule has 0 saturated heterocycles. The Hall–Kier alpha value is -2.58. The van der Waals surface area contributed by atoms with Crippen molar-refractivity contribution < 1.29 is 23.1 Å². The number of alkyl halides is 3. The lowest BCUT2D eigenvalue weighted by Crippen LogP contribution is -2.07. The number of halogens is 3. The number of nitrogens with one attached hydrogen (secondary N) is 1. The molecule has 1 aromatic heterocycles. The molecule has 0 atom stereocenters. The van der Waals surface area contributed by atoms with E-state index in [1.54, 1.807) is 0 Å². The van der Waals surface area contributed by atoms with E-state index < -0.39 is 17.7 Å². The van der Waals surface area contributed by atoms with Gasteiger partial charge < -0.3 is 10.8 Å². The molecule has 2 rings (SSSR count). The highest BCUT2D eigenvalue weighted by Crippen LogP contribution is 2.32. The monoisotopic (exact) mass is 274 g/mol. The molecule has 19 heavy (non-hydrogen) atoms. The lowest BCUT2D eigenvalue weighted by atomic mass is 10.2. The lowest BCUT2D eigenvalue weighted by Gasteiger charge is -2.07. The molecule has 0 fully saturated rings. The van der Waals surface area contributed by atoms with Gasteiger partial charge in [-0.1, -0.05) is 12.1 Å². The van der Waals surface area contributed by atoms with E-state index in [1.807, 2.05) is 0 Å². The molecule has 4 N–H and O–H groups in total. The van der Waals surface area contributed by atoms with Crippen molar-refractivity contribution in [3.63, 3.8) is 0 Å². The quantitative estimate of drug-likeness (QED) is 0.687. The number of aromatic amines is 1. The van der Waals surface area contributed by atoms with Crippen molar-refractivity contribution in [1.29, 1.82) is 0 Å². The number of carbonyl (C=O) groups is 1. The summed E-state index contributed by atoms with van der Waals surface area (Å²) in [7, 11) is 0. The van der Waals surface area contributed by atoms with Crippen molar-refractivity contribution in [1.82, 2.24) is 15.4 Å². The number of aromatic carboxylic acids is 1. The SMILES string of the molecule is Nc1ccccc1C(F)(F)F.O=C(O)c1cn[nH]n1. The Balaban J connectivity index is 0.000000200. The molecule has 0 radical (unpaired) electrons. The maximum absolute atomic E-state index is 12.0. The second-order valence-corrected chi connectivity index (χ2v) is 3.25. The molecule has 0 aliphatic carbocycles. The van der Waals surface area contributed by atoms with Crippen LogP contribution < -0.4 is 5.73 Å². The molecule has 0 spiro atoms. The number of hydrogen-bond acceptors (Lipinski definition) is 4. The van der Waals surface area contributed by atoms with E-state index in [9.17, 15) is 18.0 Å². The number of para-hydroxylation sites is 1. The van der Waals surface area contributed by atoms with E-state index in [2.05, 4.69) is 15.4 Å². The van der Waals surface area contributed by atoms with Crippen molar-refractivity contribution in [2.75, 3.05) is 5.73 Å². The highest BCUT2D eigenvalue weighted by atomic mass is 19.4. The van der Waals surface area contributed by atoms with Gasteiger partial charge in [0.05, 0.1) is 11.8 Å². The van der Waals surface area contributed by atoms with Crippen LogP contribution in [0.5, 0.6) is 0 Å².